The maximum Gasteiger partial charge on any atom is 0.326 e. The molecule has 5 nitrogen and oxygen atoms in total. The highest BCUT2D eigenvalue weighted by molar-refractivity contribution is 5.82. The molecule has 3 N–H and O–H groups in total. The predicted molar refractivity (Wildman–Crippen MR) is 65.5 cm³/mol. The van der Waals surface area contributed by atoms with Crippen LogP contribution in [0.15, 0.2) is 0 Å². The van der Waals surface area contributed by atoms with Gasteiger partial charge in [-0.15, -0.1) is 6.42 Å². The van der Waals surface area contributed by atoms with E-state index in [2.05, 4.69) is 16.6 Å². The number of amides is 2. The number of carbonyl (C=O) groups is 2. The Kier molecular flexibility index (Phi) is 6.80. The highest BCUT2D eigenvalue weighted by atomic mass is 16.4. The molecule has 0 radical (unpaired) electrons. The van der Waals surface area contributed by atoms with Gasteiger partial charge >= 0.3 is 12.0 Å². The molecule has 0 aromatic heterocycles. The molecule has 17 heavy (non-hydrogen) atoms. The van der Waals surface area contributed by atoms with Crippen molar-refractivity contribution < 1.29 is 14.7 Å². The third kappa shape index (κ3) is 6.46. The zero-order chi connectivity index (χ0) is 13.4. The molecule has 0 bridgehead atoms. The topological polar surface area (TPSA) is 78.4 Å². The lowest BCUT2D eigenvalue weighted by molar-refractivity contribution is -0.139. The van der Waals surface area contributed by atoms with Crippen LogP contribution < -0.4 is 10.6 Å². The number of carboxylic acids is 1. The van der Waals surface area contributed by atoms with E-state index in [0.717, 1.165) is 0 Å². The summed E-state index contributed by atoms with van der Waals surface area (Å²) in [4.78, 5) is 22.4. The molecule has 2 atom stereocenters. The van der Waals surface area contributed by atoms with Crippen LogP contribution in [0, 0.1) is 18.3 Å². The van der Waals surface area contributed by atoms with Crippen molar-refractivity contribution in [2.45, 2.75) is 45.7 Å². The maximum absolute atomic E-state index is 11.5. The average Bonchev–Trinajstić information content (AvgIpc) is 2.24. The van der Waals surface area contributed by atoms with E-state index in [1.165, 1.54) is 0 Å². The van der Waals surface area contributed by atoms with Crippen LogP contribution in [0.5, 0.6) is 0 Å². The number of carboxylic acid groups (broad SMARTS) is 1. The number of terminal acetylenes is 1. The Morgan fingerprint density at radius 3 is 2.29 bits per heavy atom. The molecular weight excluding hydrogens is 220 g/mol. The third-order valence-electron chi connectivity index (χ3n) is 2.23. The Balaban J connectivity index is 4.32. The van der Waals surface area contributed by atoms with Gasteiger partial charge in [-0.1, -0.05) is 26.7 Å². The van der Waals surface area contributed by atoms with E-state index in [4.69, 9.17) is 11.5 Å². The van der Waals surface area contributed by atoms with Crippen LogP contribution in [0.4, 0.5) is 4.79 Å². The lowest BCUT2D eigenvalue weighted by Gasteiger charge is -2.18. The summed E-state index contributed by atoms with van der Waals surface area (Å²) in [7, 11) is 0. The number of urea groups is 1. The smallest absolute Gasteiger partial charge is 0.326 e. The number of hydrogen-bond acceptors (Lipinski definition) is 2. The standard InChI is InChI=1S/C12H20N2O3/c1-5-9(6-2)13-12(17)14-10(11(15)16)7-8(3)4/h1,8-10H,6-7H2,2-4H3,(H,15,16)(H2,13,14,17)/t9?,10-/m0/s1. The molecule has 0 aliphatic heterocycles. The third-order valence-corrected chi connectivity index (χ3v) is 2.23. The second kappa shape index (κ2) is 7.55. The van der Waals surface area contributed by atoms with E-state index < -0.39 is 18.0 Å². The van der Waals surface area contributed by atoms with Gasteiger partial charge in [0.05, 0.1) is 6.04 Å². The van der Waals surface area contributed by atoms with Crippen molar-refractivity contribution in [1.29, 1.82) is 0 Å². The quantitative estimate of drug-likeness (QED) is 0.610. The molecule has 0 aliphatic rings. The van der Waals surface area contributed by atoms with Crippen molar-refractivity contribution in [1.82, 2.24) is 10.6 Å². The summed E-state index contributed by atoms with van der Waals surface area (Å²) in [6.07, 6.45) is 6.18. The maximum atomic E-state index is 11.5. The van der Waals surface area contributed by atoms with Crippen LogP contribution in [0.1, 0.15) is 33.6 Å². The Bertz CT molecular complexity index is 307. The Morgan fingerprint density at radius 2 is 1.94 bits per heavy atom. The monoisotopic (exact) mass is 240 g/mol. The van der Waals surface area contributed by atoms with Gasteiger partial charge in [0.2, 0.25) is 0 Å². The summed E-state index contributed by atoms with van der Waals surface area (Å²) >= 11 is 0. The van der Waals surface area contributed by atoms with Crippen LogP contribution >= 0.6 is 0 Å². The van der Waals surface area contributed by atoms with Crippen LogP contribution in [0.2, 0.25) is 0 Å². The lowest BCUT2D eigenvalue weighted by Crippen LogP contribution is -2.49. The summed E-state index contributed by atoms with van der Waals surface area (Å²) < 4.78 is 0. The number of hydrogen-bond donors (Lipinski definition) is 3. The summed E-state index contributed by atoms with van der Waals surface area (Å²) in [5.41, 5.74) is 0. The van der Waals surface area contributed by atoms with E-state index in [1.54, 1.807) is 0 Å². The molecule has 1 unspecified atom stereocenters. The largest absolute Gasteiger partial charge is 0.480 e. The van der Waals surface area contributed by atoms with Gasteiger partial charge in [0, 0.05) is 0 Å². The Hall–Kier alpha value is -1.70. The molecule has 0 aliphatic carbocycles. The van der Waals surface area contributed by atoms with Gasteiger partial charge in [-0.25, -0.2) is 9.59 Å². The molecule has 0 saturated carbocycles. The lowest BCUT2D eigenvalue weighted by atomic mass is 10.0. The van der Waals surface area contributed by atoms with Gasteiger partial charge in [-0.3, -0.25) is 0 Å². The second-order valence-electron chi connectivity index (χ2n) is 4.27. The summed E-state index contributed by atoms with van der Waals surface area (Å²) in [6, 6.07) is -1.79. The zero-order valence-electron chi connectivity index (χ0n) is 10.5. The predicted octanol–water partition coefficient (Wildman–Crippen LogP) is 1.20. The van der Waals surface area contributed by atoms with Gasteiger partial charge in [-0.05, 0) is 18.8 Å². The first-order chi connectivity index (χ1) is 7.90. The molecule has 2 amide bonds. The van der Waals surface area contributed by atoms with Crippen LogP contribution in [-0.2, 0) is 4.79 Å². The van der Waals surface area contributed by atoms with E-state index in [-0.39, 0.29) is 12.0 Å². The highest BCUT2D eigenvalue weighted by Gasteiger charge is 2.21. The normalized spacial score (nSPS) is 13.6. The van der Waals surface area contributed by atoms with Gasteiger partial charge < -0.3 is 15.7 Å². The number of nitrogens with one attached hydrogen (secondary N) is 2. The summed E-state index contributed by atoms with van der Waals surface area (Å²) in [5.74, 6) is 1.55. The van der Waals surface area contributed by atoms with Crippen molar-refractivity contribution in [2.24, 2.45) is 5.92 Å². The molecule has 0 heterocycles. The summed E-state index contributed by atoms with van der Waals surface area (Å²) in [6.45, 7) is 5.63. The van der Waals surface area contributed by atoms with Crippen molar-refractivity contribution in [3.63, 3.8) is 0 Å². The fraction of sp³-hybridized carbons (Fsp3) is 0.667. The first-order valence-electron chi connectivity index (χ1n) is 5.66. The Morgan fingerprint density at radius 1 is 1.35 bits per heavy atom. The van der Waals surface area contributed by atoms with Gasteiger partial charge in [0.1, 0.15) is 6.04 Å². The molecule has 0 fully saturated rings. The first kappa shape index (κ1) is 15.3. The molecule has 5 heteroatoms. The fourth-order valence-corrected chi connectivity index (χ4v) is 1.31. The van der Waals surface area contributed by atoms with Gasteiger partial charge in [0.25, 0.3) is 0 Å². The first-order valence-corrected chi connectivity index (χ1v) is 5.66. The molecular formula is C12H20N2O3. The number of rotatable bonds is 6. The second-order valence-corrected chi connectivity index (χ2v) is 4.27. The fourth-order valence-electron chi connectivity index (χ4n) is 1.31. The van der Waals surface area contributed by atoms with Crippen molar-refractivity contribution in [2.75, 3.05) is 0 Å². The molecule has 0 spiro atoms. The SMILES string of the molecule is C#CC(CC)NC(=O)N[C@@H](CC(C)C)C(=O)O. The molecule has 96 valence electrons. The van der Waals surface area contributed by atoms with E-state index >= 15 is 0 Å². The van der Waals surface area contributed by atoms with Gasteiger partial charge in [-0.2, -0.15) is 0 Å². The van der Waals surface area contributed by atoms with Crippen LogP contribution in [0.25, 0.3) is 0 Å². The average molecular weight is 240 g/mol. The number of carbonyl (C=O) groups excluding carboxylic acids is 1. The van der Waals surface area contributed by atoms with Crippen molar-refractivity contribution >= 4 is 12.0 Å². The molecule has 0 saturated heterocycles. The van der Waals surface area contributed by atoms with Crippen LogP contribution in [-0.4, -0.2) is 29.2 Å². The van der Waals surface area contributed by atoms with Crippen LogP contribution in [0.3, 0.4) is 0 Å². The molecule has 0 rings (SSSR count). The minimum atomic E-state index is -1.04. The molecule has 0 aromatic rings. The zero-order valence-corrected chi connectivity index (χ0v) is 10.5. The minimum Gasteiger partial charge on any atom is -0.480 e. The minimum absolute atomic E-state index is 0.186. The van der Waals surface area contributed by atoms with Gasteiger partial charge in [0.15, 0.2) is 0 Å². The number of aliphatic carboxylic acids is 1. The van der Waals surface area contributed by atoms with Crippen molar-refractivity contribution in [3.05, 3.63) is 0 Å². The Labute approximate surface area is 102 Å². The van der Waals surface area contributed by atoms with E-state index in [1.807, 2.05) is 20.8 Å². The molecule has 0 aromatic carbocycles. The van der Waals surface area contributed by atoms with E-state index in [0.29, 0.717) is 12.8 Å². The highest BCUT2D eigenvalue weighted by Crippen LogP contribution is 2.04. The summed E-state index contributed by atoms with van der Waals surface area (Å²) in [5, 5.41) is 13.9. The van der Waals surface area contributed by atoms with E-state index in [9.17, 15) is 9.59 Å². The van der Waals surface area contributed by atoms with Crippen molar-refractivity contribution in [3.8, 4) is 12.3 Å².